The first-order chi connectivity index (χ1) is 12.2. The SMILES string of the molecule is O=C(NC1=NN(c2ccccc2)C(=O)C1(O)S(=O)(=O)O)c1ccccc1.[Na]. The molecule has 11 heteroatoms. The van der Waals surface area contributed by atoms with Crippen LogP contribution < -0.4 is 10.3 Å². The van der Waals surface area contributed by atoms with Gasteiger partial charge in [-0.2, -0.15) is 13.4 Å². The summed E-state index contributed by atoms with van der Waals surface area (Å²) in [6, 6.07) is 15.3. The summed E-state index contributed by atoms with van der Waals surface area (Å²) in [5.41, 5.74) is 0.280. The zero-order valence-electron chi connectivity index (χ0n) is 14.1. The van der Waals surface area contributed by atoms with Crippen LogP contribution in [0.1, 0.15) is 10.4 Å². The van der Waals surface area contributed by atoms with Crippen LogP contribution in [0.15, 0.2) is 65.8 Å². The van der Waals surface area contributed by atoms with E-state index >= 15 is 0 Å². The molecule has 0 fully saturated rings. The number of nitrogens with one attached hydrogen (secondary N) is 1. The predicted octanol–water partition coefficient (Wildman–Crippen LogP) is -0.0277. The van der Waals surface area contributed by atoms with Crippen molar-refractivity contribution >= 4 is 63.0 Å². The fourth-order valence-corrected chi connectivity index (χ4v) is 2.96. The molecule has 0 saturated carbocycles. The second-order valence-corrected chi connectivity index (χ2v) is 6.88. The molecule has 0 aromatic heterocycles. The number of hydrogen-bond donors (Lipinski definition) is 3. The summed E-state index contributed by atoms with van der Waals surface area (Å²) in [5.74, 6) is -3.16. The minimum atomic E-state index is -5.35. The Morgan fingerprint density at radius 1 is 1.04 bits per heavy atom. The summed E-state index contributed by atoms with van der Waals surface area (Å²) >= 11 is 0. The van der Waals surface area contributed by atoms with Crippen molar-refractivity contribution in [3.05, 3.63) is 66.2 Å². The maximum atomic E-state index is 12.5. The standard InChI is InChI=1S/C16H13N3O6S.Na/c20-13(11-7-3-1-4-8-11)17-14-16(22,26(23,24)25)15(21)19(18-14)12-9-5-2-6-10-12;/h1-10,22H,(H,17,18,20)(H,23,24,25);. The van der Waals surface area contributed by atoms with Gasteiger partial charge >= 0.3 is 21.0 Å². The number of hydrazone groups is 1. The van der Waals surface area contributed by atoms with E-state index in [1.165, 1.54) is 24.3 Å². The molecule has 27 heavy (non-hydrogen) atoms. The molecule has 1 heterocycles. The Kier molecular flexibility index (Phi) is 6.20. The average molecular weight is 398 g/mol. The zero-order valence-corrected chi connectivity index (χ0v) is 16.9. The number of benzene rings is 2. The number of nitrogens with zero attached hydrogens (tertiary/aromatic N) is 2. The van der Waals surface area contributed by atoms with Gasteiger partial charge in [0.05, 0.1) is 5.69 Å². The van der Waals surface area contributed by atoms with E-state index < -0.39 is 32.7 Å². The van der Waals surface area contributed by atoms with E-state index in [1.54, 1.807) is 36.4 Å². The topological polar surface area (TPSA) is 136 Å². The van der Waals surface area contributed by atoms with Crippen LogP contribution in [0.3, 0.4) is 0 Å². The zero-order chi connectivity index (χ0) is 18.9. The van der Waals surface area contributed by atoms with E-state index in [0.717, 1.165) is 0 Å². The molecule has 0 saturated heterocycles. The molecule has 9 nitrogen and oxygen atoms in total. The van der Waals surface area contributed by atoms with Crippen molar-refractivity contribution in [2.45, 2.75) is 4.93 Å². The summed E-state index contributed by atoms with van der Waals surface area (Å²) < 4.78 is 32.8. The van der Waals surface area contributed by atoms with E-state index in [2.05, 4.69) is 10.4 Å². The normalized spacial score (nSPS) is 19.3. The number of rotatable bonds is 3. The molecule has 0 bridgehead atoms. The molecular formula is C16H13N3NaO6S. The van der Waals surface area contributed by atoms with Crippen molar-refractivity contribution in [2.75, 3.05) is 5.01 Å². The van der Waals surface area contributed by atoms with E-state index in [9.17, 15) is 27.7 Å². The number of para-hydroxylation sites is 1. The van der Waals surface area contributed by atoms with Gasteiger partial charge in [0.15, 0.2) is 5.84 Å². The molecule has 2 aromatic rings. The van der Waals surface area contributed by atoms with Gasteiger partial charge < -0.3 is 10.4 Å². The minimum absolute atomic E-state index is 0. The van der Waals surface area contributed by atoms with E-state index in [-0.39, 0.29) is 40.8 Å². The molecule has 1 unspecified atom stereocenters. The third kappa shape index (κ3) is 3.81. The van der Waals surface area contributed by atoms with E-state index in [1.807, 2.05) is 0 Å². The summed E-state index contributed by atoms with van der Waals surface area (Å²) in [7, 11) is -5.35. The van der Waals surface area contributed by atoms with Crippen molar-refractivity contribution in [1.29, 1.82) is 0 Å². The van der Waals surface area contributed by atoms with Gasteiger partial charge in [-0.1, -0.05) is 36.4 Å². The molecule has 3 rings (SSSR count). The van der Waals surface area contributed by atoms with Crippen LogP contribution in [0, 0.1) is 0 Å². The molecule has 2 amide bonds. The first kappa shape index (κ1) is 21.2. The first-order valence-electron chi connectivity index (χ1n) is 7.29. The van der Waals surface area contributed by atoms with Crippen LogP contribution in [0.5, 0.6) is 0 Å². The number of aliphatic hydroxyl groups is 1. The molecule has 1 aliphatic heterocycles. The number of amidine groups is 1. The third-order valence-corrected chi connectivity index (χ3v) is 4.76. The minimum Gasteiger partial charge on any atom is -0.359 e. The van der Waals surface area contributed by atoms with Crippen LogP contribution in [0.2, 0.25) is 0 Å². The number of amides is 2. The quantitative estimate of drug-likeness (QED) is 0.491. The van der Waals surface area contributed by atoms with E-state index in [0.29, 0.717) is 5.01 Å². The Labute approximate surface area is 176 Å². The van der Waals surface area contributed by atoms with Crippen LogP contribution >= 0.6 is 0 Å². The van der Waals surface area contributed by atoms with Gasteiger partial charge in [0.2, 0.25) is 0 Å². The number of hydrogen-bond acceptors (Lipinski definition) is 6. The van der Waals surface area contributed by atoms with Gasteiger partial charge in [0, 0.05) is 35.1 Å². The van der Waals surface area contributed by atoms with Gasteiger partial charge in [0.1, 0.15) is 0 Å². The molecular weight excluding hydrogens is 385 g/mol. The van der Waals surface area contributed by atoms with Gasteiger partial charge in [-0.3, -0.25) is 14.1 Å². The number of carbonyl (C=O) groups is 2. The van der Waals surface area contributed by atoms with Crippen molar-refractivity contribution in [3.63, 3.8) is 0 Å². The number of anilines is 1. The van der Waals surface area contributed by atoms with Gasteiger partial charge in [0.25, 0.3) is 5.91 Å². The van der Waals surface area contributed by atoms with Crippen LogP contribution in [-0.2, 0) is 14.9 Å². The van der Waals surface area contributed by atoms with Gasteiger partial charge in [-0.15, -0.1) is 5.10 Å². The van der Waals surface area contributed by atoms with E-state index in [4.69, 9.17) is 0 Å². The largest absolute Gasteiger partial charge is 0.359 e. The van der Waals surface area contributed by atoms with Crippen molar-refractivity contribution < 1.29 is 27.7 Å². The molecule has 1 atom stereocenters. The fraction of sp³-hybridized carbons (Fsp3) is 0.0625. The Morgan fingerprint density at radius 2 is 1.56 bits per heavy atom. The second-order valence-electron chi connectivity index (χ2n) is 5.34. The fourth-order valence-electron chi connectivity index (χ4n) is 2.31. The smallest absolute Gasteiger partial charge is 0.333 e. The van der Waals surface area contributed by atoms with Crippen LogP contribution in [0.25, 0.3) is 0 Å². The molecule has 2 aromatic carbocycles. The molecule has 1 radical (unpaired) electrons. The monoisotopic (exact) mass is 398 g/mol. The predicted molar refractivity (Wildman–Crippen MR) is 97.5 cm³/mol. The maximum Gasteiger partial charge on any atom is 0.333 e. The molecule has 135 valence electrons. The molecule has 1 aliphatic rings. The van der Waals surface area contributed by atoms with Gasteiger partial charge in [-0.25, -0.2) is 0 Å². The average Bonchev–Trinajstić information content (AvgIpc) is 2.89. The maximum absolute atomic E-state index is 12.5. The molecule has 0 aliphatic carbocycles. The molecule has 3 N–H and O–H groups in total. The second kappa shape index (κ2) is 7.89. The first-order valence-corrected chi connectivity index (χ1v) is 8.73. The molecule has 0 spiro atoms. The van der Waals surface area contributed by atoms with Crippen molar-refractivity contribution in [3.8, 4) is 0 Å². The van der Waals surface area contributed by atoms with Crippen molar-refractivity contribution in [1.82, 2.24) is 5.32 Å². The van der Waals surface area contributed by atoms with Gasteiger partial charge in [-0.05, 0) is 24.3 Å². The summed E-state index contributed by atoms with van der Waals surface area (Å²) in [5, 5.41) is 16.8. The van der Waals surface area contributed by atoms with Crippen LogP contribution in [0.4, 0.5) is 5.69 Å². The summed E-state index contributed by atoms with van der Waals surface area (Å²) in [4.78, 5) is 21.3. The summed E-state index contributed by atoms with van der Waals surface area (Å²) in [6.07, 6.45) is 0. The van der Waals surface area contributed by atoms with Crippen LogP contribution in [-0.4, -0.2) is 70.2 Å². The number of carbonyl (C=O) groups excluding carboxylic acids is 2. The third-order valence-electron chi connectivity index (χ3n) is 3.65. The van der Waals surface area contributed by atoms with Crippen molar-refractivity contribution in [2.24, 2.45) is 5.10 Å². The Bertz CT molecular complexity index is 997. The Hall–Kier alpha value is -2.08. The summed E-state index contributed by atoms with van der Waals surface area (Å²) in [6.45, 7) is 0. The Morgan fingerprint density at radius 3 is 2.07 bits per heavy atom. The Balaban J connectivity index is 0.00000261.